The normalized spacial score (nSPS) is 15.5. The fourth-order valence-corrected chi connectivity index (χ4v) is 4.75. The van der Waals surface area contributed by atoms with Gasteiger partial charge >= 0.3 is 6.36 Å². The molecule has 0 saturated carbocycles. The monoisotopic (exact) mass is 465 g/mol. The number of oxime groups is 1. The van der Waals surface area contributed by atoms with Crippen molar-refractivity contribution in [1.82, 2.24) is 9.29 Å². The van der Waals surface area contributed by atoms with Crippen LogP contribution in [0.15, 0.2) is 70.8 Å². The van der Waals surface area contributed by atoms with Crippen LogP contribution in [0.2, 0.25) is 0 Å². The summed E-state index contributed by atoms with van der Waals surface area (Å²) in [6.07, 6.45) is -2.50. The third-order valence-electron chi connectivity index (χ3n) is 4.89. The van der Waals surface area contributed by atoms with E-state index in [0.717, 1.165) is 35.0 Å². The Morgan fingerprint density at radius 3 is 2.34 bits per heavy atom. The van der Waals surface area contributed by atoms with E-state index in [-0.39, 0.29) is 18.0 Å². The number of benzene rings is 2. The number of fused-ring (bicyclic) bond motifs is 1. The Labute approximate surface area is 182 Å². The molecule has 0 spiro atoms. The van der Waals surface area contributed by atoms with Gasteiger partial charge in [0.25, 0.3) is 5.88 Å². The number of sulfonamides is 1. The quantitative estimate of drug-likeness (QED) is 0.524. The second-order valence-electron chi connectivity index (χ2n) is 7.01. The van der Waals surface area contributed by atoms with E-state index in [4.69, 9.17) is 4.84 Å². The van der Waals surface area contributed by atoms with Crippen molar-refractivity contribution in [3.63, 3.8) is 0 Å². The molecule has 3 aromatic rings. The molecule has 1 aromatic heterocycles. The molecule has 1 aliphatic heterocycles. The van der Waals surface area contributed by atoms with Crippen molar-refractivity contribution in [2.24, 2.45) is 5.16 Å². The molecule has 168 valence electrons. The maximum Gasteiger partial charge on any atom is 0.573 e. The first kappa shape index (κ1) is 22.0. The van der Waals surface area contributed by atoms with Crippen LogP contribution < -0.4 is 9.57 Å². The van der Waals surface area contributed by atoms with E-state index in [2.05, 4.69) is 14.9 Å². The first-order valence-electron chi connectivity index (χ1n) is 9.65. The summed E-state index contributed by atoms with van der Waals surface area (Å²) in [5.41, 5.74) is 0.695. The first-order chi connectivity index (χ1) is 15.2. The van der Waals surface area contributed by atoms with Gasteiger partial charge in [-0.25, -0.2) is 13.4 Å². The third kappa shape index (κ3) is 5.00. The van der Waals surface area contributed by atoms with Gasteiger partial charge in [0.1, 0.15) is 5.75 Å². The molecule has 1 fully saturated rings. The van der Waals surface area contributed by atoms with Crippen LogP contribution in [0.1, 0.15) is 12.8 Å². The molecule has 11 heteroatoms. The molecule has 0 aliphatic carbocycles. The van der Waals surface area contributed by atoms with Gasteiger partial charge in [0.15, 0.2) is 0 Å². The Morgan fingerprint density at radius 2 is 1.66 bits per heavy atom. The number of alkyl halides is 3. The van der Waals surface area contributed by atoms with Gasteiger partial charge in [0.05, 0.1) is 10.6 Å². The number of halogens is 3. The largest absolute Gasteiger partial charge is 0.573 e. The number of nitrogens with zero attached hydrogens (tertiary/aromatic N) is 3. The van der Waals surface area contributed by atoms with Crippen LogP contribution in [0.3, 0.4) is 0 Å². The zero-order valence-corrected chi connectivity index (χ0v) is 17.4. The second kappa shape index (κ2) is 8.75. The number of aromatic nitrogens is 1. The molecule has 0 unspecified atom stereocenters. The van der Waals surface area contributed by atoms with E-state index in [1.54, 1.807) is 6.20 Å². The number of ether oxygens (including phenoxy) is 1. The lowest BCUT2D eigenvalue weighted by molar-refractivity contribution is -0.274. The maximum atomic E-state index is 12.8. The Balaban J connectivity index is 1.40. The summed E-state index contributed by atoms with van der Waals surface area (Å²) in [5.74, 6) is -0.115. The summed E-state index contributed by atoms with van der Waals surface area (Å²) in [5, 5.41) is 5.93. The Hall–Kier alpha value is -3.18. The Morgan fingerprint density at radius 1 is 0.969 bits per heavy atom. The van der Waals surface area contributed by atoms with Crippen LogP contribution >= 0.6 is 0 Å². The Bertz CT molecular complexity index is 1230. The van der Waals surface area contributed by atoms with Crippen molar-refractivity contribution >= 4 is 26.5 Å². The second-order valence-corrected chi connectivity index (χ2v) is 8.95. The highest BCUT2D eigenvalue weighted by atomic mass is 32.2. The van der Waals surface area contributed by atoms with Crippen molar-refractivity contribution in [1.29, 1.82) is 0 Å². The molecule has 7 nitrogen and oxygen atoms in total. The van der Waals surface area contributed by atoms with Crippen LogP contribution in [0.25, 0.3) is 10.8 Å². The van der Waals surface area contributed by atoms with Crippen molar-refractivity contribution in [2.75, 3.05) is 13.1 Å². The molecular formula is C21H18F3N3O4S. The summed E-state index contributed by atoms with van der Waals surface area (Å²) in [6.45, 7) is 0.350. The minimum atomic E-state index is -4.84. The van der Waals surface area contributed by atoms with E-state index in [1.807, 2.05) is 30.3 Å². The van der Waals surface area contributed by atoms with Gasteiger partial charge in [-0.1, -0.05) is 23.4 Å². The van der Waals surface area contributed by atoms with Gasteiger partial charge in [-0.15, -0.1) is 13.2 Å². The third-order valence-corrected chi connectivity index (χ3v) is 6.81. The minimum Gasteiger partial charge on any atom is -0.406 e. The van der Waals surface area contributed by atoms with Crippen molar-refractivity contribution in [3.8, 4) is 11.6 Å². The number of rotatable bonds is 5. The van der Waals surface area contributed by atoms with Gasteiger partial charge in [0.2, 0.25) is 10.0 Å². The van der Waals surface area contributed by atoms with E-state index < -0.39 is 22.1 Å². The number of hydrogen-bond donors (Lipinski definition) is 0. The molecule has 0 bridgehead atoms. The summed E-state index contributed by atoms with van der Waals surface area (Å²) >= 11 is 0. The van der Waals surface area contributed by atoms with Crippen LogP contribution in [-0.2, 0) is 10.0 Å². The lowest BCUT2D eigenvalue weighted by Gasteiger charge is -2.26. The molecule has 1 aliphatic rings. The molecule has 0 N–H and O–H groups in total. The lowest BCUT2D eigenvalue weighted by Crippen LogP contribution is -2.38. The van der Waals surface area contributed by atoms with Gasteiger partial charge in [-0.05, 0) is 41.8 Å². The highest BCUT2D eigenvalue weighted by Crippen LogP contribution is 2.27. The standard InChI is InChI=1S/C21H18F3N3O4S/c22-21(23,24)30-17-5-7-18(8-6-17)32(28,29)27-13-10-16(11-14-27)26-31-20-19-4-2-1-3-15(19)9-12-25-20/h1-9,12H,10-11,13-14H2. The van der Waals surface area contributed by atoms with E-state index >= 15 is 0 Å². The molecule has 0 radical (unpaired) electrons. The molecule has 0 amide bonds. The maximum absolute atomic E-state index is 12.8. The summed E-state index contributed by atoms with van der Waals surface area (Å²) < 4.78 is 67.5. The molecule has 2 aromatic carbocycles. The van der Waals surface area contributed by atoms with Crippen molar-refractivity contribution < 1.29 is 31.2 Å². The molecular weight excluding hydrogens is 447 g/mol. The van der Waals surface area contributed by atoms with Crippen molar-refractivity contribution in [3.05, 3.63) is 60.8 Å². The predicted octanol–water partition coefficient (Wildman–Crippen LogP) is 4.35. The first-order valence-corrected chi connectivity index (χ1v) is 11.1. The summed E-state index contributed by atoms with van der Waals surface area (Å²) in [4.78, 5) is 9.61. The van der Waals surface area contributed by atoms with Crippen LogP contribution in [0.5, 0.6) is 11.6 Å². The topological polar surface area (TPSA) is 81.1 Å². The van der Waals surface area contributed by atoms with Crippen LogP contribution in [0.4, 0.5) is 13.2 Å². The molecule has 2 heterocycles. The van der Waals surface area contributed by atoms with E-state index in [1.165, 1.54) is 4.31 Å². The number of pyridine rings is 1. The Kier molecular flexibility index (Phi) is 6.02. The summed E-state index contributed by atoms with van der Waals surface area (Å²) in [6, 6.07) is 13.6. The zero-order chi connectivity index (χ0) is 22.8. The molecule has 1 saturated heterocycles. The minimum absolute atomic E-state index is 0.108. The van der Waals surface area contributed by atoms with E-state index in [0.29, 0.717) is 24.4 Å². The fourth-order valence-electron chi connectivity index (χ4n) is 3.31. The van der Waals surface area contributed by atoms with Crippen molar-refractivity contribution in [2.45, 2.75) is 24.1 Å². The van der Waals surface area contributed by atoms with Gasteiger partial charge in [-0.3, -0.25) is 0 Å². The number of piperidine rings is 1. The SMILES string of the molecule is O=S(=O)(c1ccc(OC(F)(F)F)cc1)N1CCC(=NOc2nccc3ccccc23)CC1. The lowest BCUT2D eigenvalue weighted by atomic mass is 10.1. The van der Waals surface area contributed by atoms with Gasteiger partial charge in [0, 0.05) is 37.5 Å². The zero-order valence-electron chi connectivity index (χ0n) is 16.6. The molecule has 0 atom stereocenters. The molecule has 32 heavy (non-hydrogen) atoms. The van der Waals surface area contributed by atoms with Crippen LogP contribution in [-0.4, -0.2) is 42.9 Å². The fraction of sp³-hybridized carbons (Fsp3) is 0.238. The molecule has 4 rings (SSSR count). The number of hydrogen-bond acceptors (Lipinski definition) is 6. The average molecular weight is 465 g/mol. The summed E-state index contributed by atoms with van der Waals surface area (Å²) in [7, 11) is -3.85. The highest BCUT2D eigenvalue weighted by Gasteiger charge is 2.32. The van der Waals surface area contributed by atoms with Gasteiger partial charge in [-0.2, -0.15) is 4.31 Å². The van der Waals surface area contributed by atoms with E-state index in [9.17, 15) is 21.6 Å². The predicted molar refractivity (Wildman–Crippen MR) is 111 cm³/mol. The average Bonchev–Trinajstić information content (AvgIpc) is 2.77. The highest BCUT2D eigenvalue weighted by molar-refractivity contribution is 7.89. The van der Waals surface area contributed by atoms with Crippen LogP contribution in [0, 0.1) is 0 Å². The van der Waals surface area contributed by atoms with Gasteiger partial charge < -0.3 is 9.57 Å². The smallest absolute Gasteiger partial charge is 0.406 e.